The molecule has 1 aromatic heterocycles. The molecule has 0 unspecified atom stereocenters. The van der Waals surface area contributed by atoms with Gasteiger partial charge >= 0.3 is 0 Å². The van der Waals surface area contributed by atoms with E-state index < -0.39 is 11.3 Å². The van der Waals surface area contributed by atoms with Crippen molar-refractivity contribution in [3.63, 3.8) is 0 Å². The van der Waals surface area contributed by atoms with E-state index >= 15 is 0 Å². The van der Waals surface area contributed by atoms with Crippen LogP contribution in [0.15, 0.2) is 53.3 Å². The minimum atomic E-state index is -0.765. The molecular weight excluding hydrogens is 375 g/mol. The number of nitrogens with one attached hydrogen (secondary N) is 2. The van der Waals surface area contributed by atoms with E-state index in [9.17, 15) is 18.8 Å². The monoisotopic (exact) mass is 394 g/mol. The van der Waals surface area contributed by atoms with Gasteiger partial charge in [-0.3, -0.25) is 25.2 Å². The summed E-state index contributed by atoms with van der Waals surface area (Å²) in [5.74, 6) is -1.36. The number of carbonyl (C=O) groups excluding carboxylic acids is 2. The quantitative estimate of drug-likeness (QED) is 0.663. The summed E-state index contributed by atoms with van der Waals surface area (Å²) < 4.78 is 14.4. The third kappa shape index (κ3) is 3.26. The molecule has 0 radical (unpaired) electrons. The number of benzene rings is 2. The van der Waals surface area contributed by atoms with Gasteiger partial charge < -0.3 is 0 Å². The van der Waals surface area contributed by atoms with Gasteiger partial charge in [0.1, 0.15) is 5.82 Å². The van der Waals surface area contributed by atoms with E-state index in [0.29, 0.717) is 35.7 Å². The zero-order valence-corrected chi connectivity index (χ0v) is 15.7. The number of carbonyl (C=O) groups is 2. The summed E-state index contributed by atoms with van der Waals surface area (Å²) in [7, 11) is 0. The minimum absolute atomic E-state index is 0.0500. The lowest BCUT2D eigenvalue weighted by Gasteiger charge is -2.16. The van der Waals surface area contributed by atoms with Gasteiger partial charge in [0.05, 0.1) is 10.8 Å². The van der Waals surface area contributed by atoms with Crippen LogP contribution in [0, 0.1) is 5.82 Å². The van der Waals surface area contributed by atoms with Crippen LogP contribution in [0.5, 0.6) is 0 Å². The summed E-state index contributed by atoms with van der Waals surface area (Å²) in [4.78, 5) is 37.8. The molecule has 0 spiro atoms. The van der Waals surface area contributed by atoms with Crippen LogP contribution < -0.4 is 16.4 Å². The number of hydrogen-bond acceptors (Lipinski definition) is 4. The molecule has 0 saturated heterocycles. The molecule has 8 heteroatoms. The molecule has 2 amide bonds. The Morgan fingerprint density at radius 1 is 1.07 bits per heavy atom. The van der Waals surface area contributed by atoms with E-state index in [1.165, 1.54) is 16.8 Å². The Kier molecular flexibility index (Phi) is 4.62. The Hall–Kier alpha value is -3.55. The number of halogens is 1. The first-order valence-electron chi connectivity index (χ1n) is 9.33. The Bertz CT molecular complexity index is 1170. The Labute approximate surface area is 165 Å². The van der Waals surface area contributed by atoms with Gasteiger partial charge in [-0.25, -0.2) is 9.07 Å². The fraction of sp³-hybridized carbons (Fsp3) is 0.238. The van der Waals surface area contributed by atoms with Gasteiger partial charge in [-0.2, -0.15) is 5.10 Å². The van der Waals surface area contributed by atoms with Crippen molar-refractivity contribution < 1.29 is 14.0 Å². The number of aryl methyl sites for hydroxylation is 1. The zero-order chi connectivity index (χ0) is 20.6. The lowest BCUT2D eigenvalue weighted by atomic mass is 9.95. The van der Waals surface area contributed by atoms with Gasteiger partial charge in [-0.15, -0.1) is 0 Å². The van der Waals surface area contributed by atoms with Gasteiger partial charge in [0.25, 0.3) is 11.5 Å². The maximum absolute atomic E-state index is 13.2. The van der Waals surface area contributed by atoms with Crippen molar-refractivity contribution in [2.24, 2.45) is 0 Å². The highest BCUT2D eigenvalue weighted by Crippen LogP contribution is 2.48. The highest BCUT2D eigenvalue weighted by Gasteiger charge is 2.51. The van der Waals surface area contributed by atoms with Crippen LogP contribution in [0.2, 0.25) is 0 Å². The highest BCUT2D eigenvalue weighted by atomic mass is 19.1. The second-order valence-corrected chi connectivity index (χ2v) is 7.01. The maximum Gasteiger partial charge on any atom is 0.290 e. The minimum Gasteiger partial charge on any atom is -0.272 e. The Balaban J connectivity index is 1.56. The first kappa shape index (κ1) is 18.8. The van der Waals surface area contributed by atoms with Gasteiger partial charge in [-0.05, 0) is 43.5 Å². The summed E-state index contributed by atoms with van der Waals surface area (Å²) in [5.41, 5.74) is 4.56. The van der Waals surface area contributed by atoms with Crippen LogP contribution in [0.25, 0.3) is 10.8 Å². The van der Waals surface area contributed by atoms with E-state index in [1.807, 2.05) is 0 Å². The molecule has 0 aliphatic heterocycles. The lowest BCUT2D eigenvalue weighted by molar-refractivity contribution is -0.124. The standard InChI is InChI=1S/C21H19FN4O3/c1-2-26-19(28)16-6-4-3-5-15(16)17(25-26)18(27)23-24-20(29)21(11-12-21)13-7-9-14(22)10-8-13/h3-10H,2,11-12H2,1H3,(H,23,27)(H,24,29). The smallest absolute Gasteiger partial charge is 0.272 e. The third-order valence-corrected chi connectivity index (χ3v) is 5.25. The molecule has 4 rings (SSSR count). The Morgan fingerprint density at radius 2 is 1.72 bits per heavy atom. The summed E-state index contributed by atoms with van der Waals surface area (Å²) in [5, 5.41) is 4.93. The normalized spacial score (nSPS) is 14.4. The van der Waals surface area contributed by atoms with Gasteiger partial charge in [0, 0.05) is 11.9 Å². The van der Waals surface area contributed by atoms with E-state index in [1.54, 1.807) is 43.3 Å². The number of hydrogen-bond donors (Lipinski definition) is 2. The van der Waals surface area contributed by atoms with Crippen molar-refractivity contribution in [3.05, 3.63) is 76.0 Å². The van der Waals surface area contributed by atoms with Crippen molar-refractivity contribution in [1.29, 1.82) is 0 Å². The van der Waals surface area contributed by atoms with Gasteiger partial charge in [0.2, 0.25) is 5.91 Å². The van der Waals surface area contributed by atoms with E-state index in [4.69, 9.17) is 0 Å². The van der Waals surface area contributed by atoms with Crippen LogP contribution in [0.4, 0.5) is 4.39 Å². The van der Waals surface area contributed by atoms with Crippen molar-refractivity contribution in [2.75, 3.05) is 0 Å². The Morgan fingerprint density at radius 3 is 2.34 bits per heavy atom. The molecule has 0 atom stereocenters. The molecule has 1 fully saturated rings. The van der Waals surface area contributed by atoms with E-state index in [0.717, 1.165) is 0 Å². The molecule has 2 N–H and O–H groups in total. The van der Waals surface area contributed by atoms with Crippen LogP contribution in [-0.2, 0) is 16.8 Å². The molecule has 148 valence electrons. The topological polar surface area (TPSA) is 93.1 Å². The summed E-state index contributed by atoms with van der Waals surface area (Å²) in [6.45, 7) is 2.07. The molecule has 3 aromatic rings. The highest BCUT2D eigenvalue weighted by molar-refractivity contribution is 6.05. The van der Waals surface area contributed by atoms with Crippen molar-refractivity contribution in [1.82, 2.24) is 20.6 Å². The molecule has 1 heterocycles. The zero-order valence-electron chi connectivity index (χ0n) is 15.7. The predicted molar refractivity (Wildman–Crippen MR) is 105 cm³/mol. The second-order valence-electron chi connectivity index (χ2n) is 7.01. The average Bonchev–Trinajstić information content (AvgIpc) is 3.55. The number of nitrogens with zero attached hydrogens (tertiary/aromatic N) is 2. The molecule has 29 heavy (non-hydrogen) atoms. The largest absolute Gasteiger partial charge is 0.290 e. The number of hydrazine groups is 1. The van der Waals surface area contributed by atoms with Crippen molar-refractivity contribution in [3.8, 4) is 0 Å². The summed E-state index contributed by atoms with van der Waals surface area (Å²) in [6, 6.07) is 12.5. The van der Waals surface area contributed by atoms with Gasteiger partial charge in [-0.1, -0.05) is 30.3 Å². The maximum atomic E-state index is 13.2. The average molecular weight is 394 g/mol. The molecule has 1 aliphatic carbocycles. The number of fused-ring (bicyclic) bond motifs is 1. The molecule has 7 nitrogen and oxygen atoms in total. The fourth-order valence-corrected chi connectivity index (χ4v) is 3.45. The van der Waals surface area contributed by atoms with Crippen LogP contribution in [0.1, 0.15) is 35.8 Å². The van der Waals surface area contributed by atoms with E-state index in [-0.39, 0.29) is 23.0 Å². The molecule has 1 aliphatic rings. The SMILES string of the molecule is CCn1nc(C(=O)NNC(=O)C2(c3ccc(F)cc3)CC2)c2ccccc2c1=O. The molecule has 2 aromatic carbocycles. The lowest BCUT2D eigenvalue weighted by Crippen LogP contribution is -2.47. The third-order valence-electron chi connectivity index (χ3n) is 5.25. The summed E-state index contributed by atoms with van der Waals surface area (Å²) >= 11 is 0. The first-order chi connectivity index (χ1) is 14.0. The van der Waals surface area contributed by atoms with Crippen LogP contribution in [-0.4, -0.2) is 21.6 Å². The molecule has 1 saturated carbocycles. The van der Waals surface area contributed by atoms with Crippen LogP contribution in [0.3, 0.4) is 0 Å². The van der Waals surface area contributed by atoms with E-state index in [2.05, 4.69) is 16.0 Å². The number of amides is 2. The molecule has 0 bridgehead atoms. The van der Waals surface area contributed by atoms with Crippen LogP contribution >= 0.6 is 0 Å². The fourth-order valence-electron chi connectivity index (χ4n) is 3.45. The first-order valence-corrected chi connectivity index (χ1v) is 9.33. The van der Waals surface area contributed by atoms with Crippen molar-refractivity contribution in [2.45, 2.75) is 31.7 Å². The number of rotatable bonds is 4. The van der Waals surface area contributed by atoms with Gasteiger partial charge in [0.15, 0.2) is 5.69 Å². The summed E-state index contributed by atoms with van der Waals surface area (Å²) in [6.07, 6.45) is 1.23. The van der Waals surface area contributed by atoms with Crippen molar-refractivity contribution >= 4 is 22.6 Å². The molecular formula is C21H19FN4O3. The second kappa shape index (κ2) is 7.12. The number of aromatic nitrogens is 2. The predicted octanol–water partition coefficient (Wildman–Crippen LogP) is 2.05.